The maximum atomic E-state index is 11.9. The number of hydrogen-bond acceptors (Lipinski definition) is 4. The number of benzene rings is 2. The second-order valence-electron chi connectivity index (χ2n) is 5.04. The van der Waals surface area contributed by atoms with Crippen LogP contribution in [0, 0.1) is 0 Å². The predicted octanol–water partition coefficient (Wildman–Crippen LogP) is 4.24. The van der Waals surface area contributed by atoms with Gasteiger partial charge in [0.05, 0.1) is 18.9 Å². The molecule has 0 spiro atoms. The Balaban J connectivity index is 1.78. The van der Waals surface area contributed by atoms with Crippen molar-refractivity contribution in [2.75, 3.05) is 18.5 Å². The number of amides is 1. The van der Waals surface area contributed by atoms with Crippen LogP contribution in [0.15, 0.2) is 42.5 Å². The van der Waals surface area contributed by atoms with E-state index in [0.717, 1.165) is 0 Å². The molecule has 0 saturated carbocycles. The van der Waals surface area contributed by atoms with Gasteiger partial charge in [-0.25, -0.2) is 0 Å². The normalized spacial score (nSPS) is 10.2. The van der Waals surface area contributed by atoms with Crippen molar-refractivity contribution >= 4 is 23.2 Å². The molecule has 0 radical (unpaired) electrons. The average Bonchev–Trinajstić information content (AvgIpc) is 2.56. The predicted molar refractivity (Wildman–Crippen MR) is 94.1 cm³/mol. The highest BCUT2D eigenvalue weighted by atomic mass is 35.5. The number of phenols is 1. The fraction of sp³-hybridized carbons (Fsp3) is 0.278. The lowest BCUT2D eigenvalue weighted by molar-refractivity contribution is -0.116. The summed E-state index contributed by atoms with van der Waals surface area (Å²) in [5.74, 6) is 1.12. The zero-order valence-corrected chi connectivity index (χ0v) is 14.2. The third kappa shape index (κ3) is 5.35. The smallest absolute Gasteiger partial charge is 0.224 e. The molecule has 0 atom stereocenters. The monoisotopic (exact) mass is 349 g/mol. The minimum Gasteiger partial charge on any atom is -0.506 e. The first-order valence-corrected chi connectivity index (χ1v) is 8.11. The maximum Gasteiger partial charge on any atom is 0.224 e. The van der Waals surface area contributed by atoms with E-state index in [0.29, 0.717) is 41.8 Å². The first-order chi connectivity index (χ1) is 11.6. The molecular weight excluding hydrogens is 330 g/mol. The molecule has 2 aromatic rings. The van der Waals surface area contributed by atoms with Crippen LogP contribution in [-0.4, -0.2) is 24.2 Å². The Labute approximate surface area is 146 Å². The molecule has 0 aromatic heterocycles. The van der Waals surface area contributed by atoms with Gasteiger partial charge < -0.3 is 19.9 Å². The second-order valence-corrected chi connectivity index (χ2v) is 5.48. The Bertz CT molecular complexity index is 690. The summed E-state index contributed by atoms with van der Waals surface area (Å²) in [5.41, 5.74) is 0.301. The van der Waals surface area contributed by atoms with E-state index in [1.165, 1.54) is 12.1 Å². The standard InChI is InChI=1S/C18H20ClNO4/c1-2-23-16-6-3-4-7-17(16)24-11-5-8-18(22)20-14-12-13(19)9-10-15(14)21/h3-4,6-7,9-10,12,21H,2,5,8,11H2,1H3,(H,20,22). The fourth-order valence-corrected chi connectivity index (χ4v) is 2.25. The van der Waals surface area contributed by atoms with E-state index >= 15 is 0 Å². The van der Waals surface area contributed by atoms with Gasteiger partial charge in [-0.05, 0) is 43.7 Å². The Kier molecular flexibility index (Phi) is 6.75. The zero-order valence-electron chi connectivity index (χ0n) is 13.4. The van der Waals surface area contributed by atoms with Gasteiger partial charge in [0.1, 0.15) is 5.75 Å². The molecule has 6 heteroatoms. The molecule has 0 aliphatic rings. The number of carbonyl (C=O) groups is 1. The number of hydrogen-bond donors (Lipinski definition) is 2. The van der Waals surface area contributed by atoms with E-state index in [2.05, 4.69) is 5.32 Å². The summed E-state index contributed by atoms with van der Waals surface area (Å²) >= 11 is 5.84. The molecule has 0 fully saturated rings. The lowest BCUT2D eigenvalue weighted by Crippen LogP contribution is -2.13. The van der Waals surface area contributed by atoms with E-state index in [-0.39, 0.29) is 18.1 Å². The summed E-state index contributed by atoms with van der Waals surface area (Å²) in [5, 5.41) is 12.7. The van der Waals surface area contributed by atoms with E-state index < -0.39 is 0 Å². The molecule has 0 bridgehead atoms. The van der Waals surface area contributed by atoms with Crippen LogP contribution in [0.25, 0.3) is 0 Å². The number of para-hydroxylation sites is 2. The van der Waals surface area contributed by atoms with Gasteiger partial charge in [-0.15, -0.1) is 0 Å². The van der Waals surface area contributed by atoms with Crippen molar-refractivity contribution in [3.05, 3.63) is 47.5 Å². The minimum absolute atomic E-state index is 0.0189. The van der Waals surface area contributed by atoms with Crippen molar-refractivity contribution in [1.82, 2.24) is 0 Å². The van der Waals surface area contributed by atoms with Crippen LogP contribution >= 0.6 is 11.6 Å². The molecule has 0 saturated heterocycles. The van der Waals surface area contributed by atoms with E-state index in [9.17, 15) is 9.90 Å². The van der Waals surface area contributed by atoms with Gasteiger partial charge in [0.25, 0.3) is 0 Å². The van der Waals surface area contributed by atoms with Gasteiger partial charge in [0.15, 0.2) is 11.5 Å². The van der Waals surface area contributed by atoms with Crippen LogP contribution in [0.1, 0.15) is 19.8 Å². The quantitative estimate of drug-likeness (QED) is 0.552. The molecule has 0 aliphatic carbocycles. The van der Waals surface area contributed by atoms with E-state index in [1.807, 2.05) is 31.2 Å². The molecule has 2 rings (SSSR count). The summed E-state index contributed by atoms with van der Waals surface area (Å²) in [4.78, 5) is 11.9. The molecule has 2 aromatic carbocycles. The van der Waals surface area contributed by atoms with Crippen LogP contribution < -0.4 is 14.8 Å². The third-order valence-corrected chi connectivity index (χ3v) is 3.42. The highest BCUT2D eigenvalue weighted by Crippen LogP contribution is 2.27. The SMILES string of the molecule is CCOc1ccccc1OCCCC(=O)Nc1cc(Cl)ccc1O. The first kappa shape index (κ1) is 17.9. The lowest BCUT2D eigenvalue weighted by atomic mass is 10.2. The van der Waals surface area contributed by atoms with Gasteiger partial charge in [0, 0.05) is 11.4 Å². The average molecular weight is 350 g/mol. The molecule has 1 amide bonds. The summed E-state index contributed by atoms with van der Waals surface area (Å²) in [7, 11) is 0. The van der Waals surface area contributed by atoms with E-state index in [1.54, 1.807) is 6.07 Å². The van der Waals surface area contributed by atoms with Crippen LogP contribution in [0.2, 0.25) is 5.02 Å². The Morgan fingerprint density at radius 3 is 2.58 bits per heavy atom. The molecular formula is C18H20ClNO4. The largest absolute Gasteiger partial charge is 0.506 e. The Morgan fingerprint density at radius 1 is 1.17 bits per heavy atom. The van der Waals surface area contributed by atoms with Gasteiger partial charge in [0.2, 0.25) is 5.91 Å². The van der Waals surface area contributed by atoms with Gasteiger partial charge in [-0.2, -0.15) is 0 Å². The topological polar surface area (TPSA) is 67.8 Å². The van der Waals surface area contributed by atoms with Crippen molar-refractivity contribution < 1.29 is 19.4 Å². The minimum atomic E-state index is -0.214. The molecule has 0 aliphatic heterocycles. The molecule has 128 valence electrons. The van der Waals surface area contributed by atoms with Crippen LogP contribution in [0.3, 0.4) is 0 Å². The highest BCUT2D eigenvalue weighted by Gasteiger charge is 2.08. The number of halogens is 1. The summed E-state index contributed by atoms with van der Waals surface area (Å²) in [6.45, 7) is 2.86. The number of aromatic hydroxyl groups is 1. The lowest BCUT2D eigenvalue weighted by Gasteiger charge is -2.11. The van der Waals surface area contributed by atoms with Crippen molar-refractivity contribution in [2.24, 2.45) is 0 Å². The Morgan fingerprint density at radius 2 is 1.88 bits per heavy atom. The maximum absolute atomic E-state index is 11.9. The van der Waals surface area contributed by atoms with Crippen molar-refractivity contribution in [3.8, 4) is 17.2 Å². The van der Waals surface area contributed by atoms with Crippen LogP contribution in [0.4, 0.5) is 5.69 Å². The number of nitrogens with one attached hydrogen (secondary N) is 1. The van der Waals surface area contributed by atoms with Crippen LogP contribution in [0.5, 0.6) is 17.2 Å². The first-order valence-electron chi connectivity index (χ1n) is 7.73. The van der Waals surface area contributed by atoms with Gasteiger partial charge >= 0.3 is 0 Å². The number of phenolic OH excluding ortho intramolecular Hbond substituents is 1. The number of rotatable bonds is 8. The zero-order chi connectivity index (χ0) is 17.4. The number of ether oxygens (including phenoxy) is 2. The van der Waals surface area contributed by atoms with Crippen molar-refractivity contribution in [1.29, 1.82) is 0 Å². The van der Waals surface area contributed by atoms with Crippen molar-refractivity contribution in [2.45, 2.75) is 19.8 Å². The number of anilines is 1. The molecule has 24 heavy (non-hydrogen) atoms. The Hall–Kier alpha value is -2.40. The number of carbonyl (C=O) groups excluding carboxylic acids is 1. The highest BCUT2D eigenvalue weighted by molar-refractivity contribution is 6.31. The van der Waals surface area contributed by atoms with Crippen molar-refractivity contribution in [3.63, 3.8) is 0 Å². The summed E-state index contributed by atoms with van der Waals surface area (Å²) < 4.78 is 11.1. The summed E-state index contributed by atoms with van der Waals surface area (Å²) in [6.07, 6.45) is 0.802. The second kappa shape index (κ2) is 9.03. The molecule has 0 heterocycles. The summed E-state index contributed by atoms with van der Waals surface area (Å²) in [6, 6.07) is 11.9. The van der Waals surface area contributed by atoms with Gasteiger partial charge in [-0.1, -0.05) is 23.7 Å². The third-order valence-electron chi connectivity index (χ3n) is 3.19. The molecule has 5 nitrogen and oxygen atoms in total. The molecule has 0 unspecified atom stereocenters. The fourth-order valence-electron chi connectivity index (χ4n) is 2.08. The molecule has 2 N–H and O–H groups in total. The van der Waals surface area contributed by atoms with Gasteiger partial charge in [-0.3, -0.25) is 4.79 Å². The van der Waals surface area contributed by atoms with E-state index in [4.69, 9.17) is 21.1 Å². The van der Waals surface area contributed by atoms with Crippen LogP contribution in [-0.2, 0) is 4.79 Å².